The average molecular weight is 650 g/mol. The molecule has 0 saturated carbocycles. The van der Waals surface area contributed by atoms with E-state index in [9.17, 15) is 24.0 Å². The van der Waals surface area contributed by atoms with E-state index < -0.39 is 35.3 Å². The van der Waals surface area contributed by atoms with E-state index in [1.807, 2.05) is 30.2 Å². The van der Waals surface area contributed by atoms with Gasteiger partial charge in [0.05, 0.1) is 12.1 Å². The van der Waals surface area contributed by atoms with Gasteiger partial charge in [0, 0.05) is 39.8 Å². The standard InChI is InChI=1S/C33H43N7O7/c1-33(2,3)47-31(44)35-22-13-10-16-38(18-22)30-36-28-27(39(30)17-21-11-6-7-12-21)29(43)40(32(45)37(28)5)19-24(41)23-14-8-9-15-25(23)46-20-26(42)34-4/h8-9,11,14-15,22H,6-7,10,12-13,16-20H2,1-5H3,(H,34,42)(H,35,44). The quantitative estimate of drug-likeness (QED) is 0.249. The molecular weight excluding hydrogens is 606 g/mol. The second kappa shape index (κ2) is 13.9. The largest absolute Gasteiger partial charge is 0.483 e. The number of likely N-dealkylation sites (N-methyl/N-ethyl adjacent to an activating group) is 1. The zero-order valence-electron chi connectivity index (χ0n) is 27.6. The number of Topliss-reactive ketones (excluding diaryl/α,β-unsaturated/α-hetero) is 1. The van der Waals surface area contributed by atoms with E-state index in [1.165, 1.54) is 24.7 Å². The molecule has 47 heavy (non-hydrogen) atoms. The summed E-state index contributed by atoms with van der Waals surface area (Å²) in [5.74, 6) is -0.197. The maximum Gasteiger partial charge on any atom is 0.407 e. The molecule has 0 spiro atoms. The summed E-state index contributed by atoms with van der Waals surface area (Å²) in [5, 5.41) is 5.42. The number of anilines is 1. The Balaban J connectivity index is 1.52. The molecule has 2 N–H and O–H groups in total. The number of nitrogens with one attached hydrogen (secondary N) is 2. The van der Waals surface area contributed by atoms with E-state index in [1.54, 1.807) is 18.2 Å². The number of para-hydroxylation sites is 1. The highest BCUT2D eigenvalue weighted by Crippen LogP contribution is 2.28. The fraction of sp³-hybridized carbons (Fsp3) is 0.515. The molecule has 2 amide bonds. The Bertz CT molecular complexity index is 1830. The molecule has 1 unspecified atom stereocenters. The lowest BCUT2D eigenvalue weighted by atomic mass is 10.1. The first-order chi connectivity index (χ1) is 22.4. The van der Waals surface area contributed by atoms with Crippen molar-refractivity contribution in [2.45, 2.75) is 77.6 Å². The van der Waals surface area contributed by atoms with Crippen LogP contribution in [0.4, 0.5) is 10.7 Å². The number of hydrogen-bond donors (Lipinski definition) is 2. The Morgan fingerprint density at radius 2 is 1.85 bits per heavy atom. The summed E-state index contributed by atoms with van der Waals surface area (Å²) in [5.41, 5.74) is -0.203. The first-order valence-electron chi connectivity index (χ1n) is 15.9. The number of carbonyl (C=O) groups is 3. The number of piperidine rings is 1. The lowest BCUT2D eigenvalue weighted by molar-refractivity contribution is -0.122. The summed E-state index contributed by atoms with van der Waals surface area (Å²) in [6.07, 6.45) is 6.03. The molecule has 0 bridgehead atoms. The minimum atomic E-state index is -0.681. The molecule has 5 rings (SSSR count). The van der Waals surface area contributed by atoms with Crippen molar-refractivity contribution in [3.63, 3.8) is 0 Å². The number of nitrogens with zero attached hydrogens (tertiary/aromatic N) is 5. The monoisotopic (exact) mass is 649 g/mol. The minimum absolute atomic E-state index is 0.146. The molecule has 1 aromatic carbocycles. The zero-order chi connectivity index (χ0) is 33.9. The van der Waals surface area contributed by atoms with Crippen LogP contribution in [0.25, 0.3) is 11.2 Å². The molecule has 0 radical (unpaired) electrons. The third kappa shape index (κ3) is 7.58. The molecule has 3 aromatic rings. The Morgan fingerprint density at radius 3 is 2.55 bits per heavy atom. The van der Waals surface area contributed by atoms with Gasteiger partial charge in [0.1, 0.15) is 11.4 Å². The Hall–Kier alpha value is -4.88. The molecule has 1 saturated heterocycles. The molecule has 2 aliphatic rings. The van der Waals surface area contributed by atoms with Crippen LogP contribution in [0.3, 0.4) is 0 Å². The maximum absolute atomic E-state index is 14.2. The van der Waals surface area contributed by atoms with E-state index in [4.69, 9.17) is 14.5 Å². The van der Waals surface area contributed by atoms with Gasteiger partial charge in [-0.3, -0.25) is 23.5 Å². The molecule has 14 nitrogen and oxygen atoms in total. The van der Waals surface area contributed by atoms with Crippen LogP contribution in [-0.4, -0.2) is 74.9 Å². The number of benzene rings is 1. The molecule has 1 aliphatic heterocycles. The van der Waals surface area contributed by atoms with E-state index in [2.05, 4.69) is 16.7 Å². The van der Waals surface area contributed by atoms with Gasteiger partial charge in [0.15, 0.2) is 23.6 Å². The number of aromatic nitrogens is 4. The first kappa shape index (κ1) is 33.5. The van der Waals surface area contributed by atoms with Crippen LogP contribution in [0, 0.1) is 0 Å². The highest BCUT2D eigenvalue weighted by Gasteiger charge is 2.30. The van der Waals surface area contributed by atoms with E-state index in [0.717, 1.165) is 42.2 Å². The molecule has 2 aromatic heterocycles. The van der Waals surface area contributed by atoms with Crippen molar-refractivity contribution in [2.75, 3.05) is 31.6 Å². The highest BCUT2D eigenvalue weighted by molar-refractivity contribution is 5.98. The maximum atomic E-state index is 14.2. The Morgan fingerprint density at radius 1 is 1.09 bits per heavy atom. The summed E-state index contributed by atoms with van der Waals surface area (Å²) in [6.45, 7) is 6.09. The van der Waals surface area contributed by atoms with E-state index in [0.29, 0.717) is 25.6 Å². The van der Waals surface area contributed by atoms with Gasteiger partial charge in [-0.05, 0) is 65.0 Å². The number of amides is 2. The van der Waals surface area contributed by atoms with Crippen molar-refractivity contribution in [3.05, 3.63) is 62.3 Å². The second-order valence-corrected chi connectivity index (χ2v) is 13.0. The molecule has 14 heteroatoms. The zero-order valence-corrected chi connectivity index (χ0v) is 27.6. The van der Waals surface area contributed by atoms with Crippen LogP contribution in [0.15, 0.2) is 45.5 Å². The van der Waals surface area contributed by atoms with Crippen molar-refractivity contribution < 1.29 is 23.9 Å². The van der Waals surface area contributed by atoms with Crippen molar-refractivity contribution in [3.8, 4) is 5.75 Å². The predicted molar refractivity (Wildman–Crippen MR) is 176 cm³/mol. The Kier molecular flexibility index (Phi) is 9.87. The third-order valence-corrected chi connectivity index (χ3v) is 8.26. The molecular formula is C33H43N7O7. The molecule has 1 atom stereocenters. The molecule has 252 valence electrons. The third-order valence-electron chi connectivity index (χ3n) is 8.26. The van der Waals surface area contributed by atoms with Crippen LogP contribution in [0.2, 0.25) is 0 Å². The number of imidazole rings is 1. The summed E-state index contributed by atoms with van der Waals surface area (Å²) in [4.78, 5) is 72.5. The summed E-state index contributed by atoms with van der Waals surface area (Å²) < 4.78 is 15.1. The molecule has 3 heterocycles. The number of hydrogen-bond acceptors (Lipinski definition) is 9. The number of rotatable bonds is 10. The normalized spacial score (nSPS) is 16.6. The van der Waals surface area contributed by atoms with E-state index in [-0.39, 0.29) is 41.0 Å². The summed E-state index contributed by atoms with van der Waals surface area (Å²) in [6, 6.07) is 6.19. The number of allylic oxidation sites excluding steroid dienone is 2. The van der Waals surface area contributed by atoms with E-state index >= 15 is 0 Å². The number of ketones is 1. The summed E-state index contributed by atoms with van der Waals surface area (Å²) in [7, 11) is 3.01. The second-order valence-electron chi connectivity index (χ2n) is 13.0. The predicted octanol–water partition coefficient (Wildman–Crippen LogP) is 2.51. The minimum Gasteiger partial charge on any atom is -0.483 e. The van der Waals surface area contributed by atoms with Crippen LogP contribution in [0.1, 0.15) is 63.2 Å². The van der Waals surface area contributed by atoms with Gasteiger partial charge in [-0.2, -0.15) is 4.98 Å². The highest BCUT2D eigenvalue weighted by atomic mass is 16.6. The van der Waals surface area contributed by atoms with Crippen molar-refractivity contribution in [1.82, 2.24) is 29.3 Å². The molecule has 1 aliphatic carbocycles. The smallest absolute Gasteiger partial charge is 0.407 e. The lowest BCUT2D eigenvalue weighted by Crippen LogP contribution is -2.49. The number of ether oxygens (including phenoxy) is 2. The number of alkyl carbamates (subject to hydrolysis) is 1. The van der Waals surface area contributed by atoms with Gasteiger partial charge in [0.2, 0.25) is 5.95 Å². The fourth-order valence-corrected chi connectivity index (χ4v) is 5.99. The van der Waals surface area contributed by atoms with Crippen LogP contribution in [0.5, 0.6) is 5.75 Å². The van der Waals surface area contributed by atoms with Gasteiger partial charge < -0.3 is 29.6 Å². The van der Waals surface area contributed by atoms with Crippen LogP contribution >= 0.6 is 0 Å². The lowest BCUT2D eigenvalue weighted by Gasteiger charge is -2.34. The number of fused-ring (bicyclic) bond motifs is 1. The van der Waals surface area contributed by atoms with Gasteiger partial charge in [0.25, 0.3) is 11.5 Å². The first-order valence-corrected chi connectivity index (χ1v) is 15.9. The average Bonchev–Trinajstić information content (AvgIpc) is 3.68. The van der Waals surface area contributed by atoms with Crippen LogP contribution in [-0.2, 0) is 29.7 Å². The number of carbonyl (C=O) groups excluding carboxylic acids is 3. The fourth-order valence-electron chi connectivity index (χ4n) is 5.99. The SMILES string of the molecule is CNC(=O)COc1ccccc1C(=O)Cn1c(=O)c2c(nc(N3CCCC(NC(=O)OC(C)(C)C)C3)n2CC2=CCCC2)n(C)c1=O. The number of aryl methyl sites for hydroxylation is 1. The van der Waals surface area contributed by atoms with Crippen molar-refractivity contribution in [2.24, 2.45) is 7.05 Å². The van der Waals surface area contributed by atoms with Crippen molar-refractivity contribution in [1.29, 1.82) is 0 Å². The Labute approximate surface area is 272 Å². The topological polar surface area (TPSA) is 159 Å². The molecule has 1 fully saturated rings. The van der Waals surface area contributed by atoms with Crippen LogP contribution < -0.4 is 31.5 Å². The van der Waals surface area contributed by atoms with Gasteiger partial charge in [-0.15, -0.1) is 0 Å². The van der Waals surface area contributed by atoms with Gasteiger partial charge >= 0.3 is 11.8 Å². The summed E-state index contributed by atoms with van der Waals surface area (Å²) >= 11 is 0. The van der Waals surface area contributed by atoms with Gasteiger partial charge in [-0.1, -0.05) is 23.8 Å². The van der Waals surface area contributed by atoms with Crippen molar-refractivity contribution >= 4 is 34.9 Å². The van der Waals surface area contributed by atoms with Gasteiger partial charge in [-0.25, -0.2) is 9.59 Å².